The van der Waals surface area contributed by atoms with E-state index in [1.807, 2.05) is 0 Å². The Bertz CT molecular complexity index is 1810. The zero-order valence-corrected chi connectivity index (χ0v) is 62.9. The van der Waals surface area contributed by atoms with Crippen molar-refractivity contribution in [1.82, 2.24) is 0 Å². The fourth-order valence-corrected chi connectivity index (χ4v) is 13.1. The van der Waals surface area contributed by atoms with Crippen LogP contribution in [-0.2, 0) is 65.4 Å². The lowest BCUT2D eigenvalue weighted by Crippen LogP contribution is -2.30. The summed E-state index contributed by atoms with van der Waals surface area (Å²) in [5.74, 6) is -1.40. The Kier molecular flexibility index (Phi) is 66.8. The van der Waals surface area contributed by atoms with E-state index in [1.165, 1.54) is 218 Å². The lowest BCUT2D eigenvalue weighted by Gasteiger charge is -2.21. The van der Waals surface area contributed by atoms with E-state index in [0.717, 1.165) is 95.8 Å². The summed E-state index contributed by atoms with van der Waals surface area (Å²) in [5, 5.41) is 10.6. The van der Waals surface area contributed by atoms with Gasteiger partial charge in [-0.25, -0.2) is 9.13 Å². The number of hydrogen-bond acceptors (Lipinski definition) is 15. The Morgan fingerprint density at radius 3 is 0.755 bits per heavy atom. The van der Waals surface area contributed by atoms with Crippen LogP contribution in [0.4, 0.5) is 0 Å². The van der Waals surface area contributed by atoms with Crippen LogP contribution < -0.4 is 0 Å². The van der Waals surface area contributed by atoms with Gasteiger partial charge in [-0.2, -0.15) is 0 Å². The molecule has 0 aromatic carbocycles. The maximum absolute atomic E-state index is 13.1. The molecule has 0 amide bonds. The van der Waals surface area contributed by atoms with Gasteiger partial charge in [-0.05, 0) is 31.6 Å². The normalized spacial score (nSPS) is 14.3. The van der Waals surface area contributed by atoms with E-state index in [1.54, 1.807) is 0 Å². The van der Waals surface area contributed by atoms with Crippen molar-refractivity contribution in [3.05, 3.63) is 0 Å². The van der Waals surface area contributed by atoms with Gasteiger partial charge in [0.2, 0.25) is 0 Å². The fourth-order valence-electron chi connectivity index (χ4n) is 11.5. The van der Waals surface area contributed by atoms with Gasteiger partial charge in [0.1, 0.15) is 19.3 Å². The minimum absolute atomic E-state index is 0.104. The van der Waals surface area contributed by atoms with Crippen LogP contribution in [0.3, 0.4) is 0 Å². The molecule has 3 unspecified atom stereocenters. The van der Waals surface area contributed by atoms with Crippen LogP contribution >= 0.6 is 15.6 Å². The molecular weight excluding hydrogens is 1230 g/mol. The highest BCUT2D eigenvalue weighted by Crippen LogP contribution is 2.45. The molecule has 94 heavy (non-hydrogen) atoms. The number of aliphatic hydroxyl groups is 1. The number of phosphoric acid groups is 2. The SMILES string of the molecule is CCCCCCCCCCCCCCCCCCCCCCCC(=O)O[C@H](COC(=O)CCCCCCCCCCCCCCC)COP(=O)(O)OC[C@@H](O)COP(=O)(O)OC[C@@H](COC(=O)CCCCCCCCCCCC)OC(=O)CCCCCCCCC(C)CC. The minimum atomic E-state index is -4.95. The van der Waals surface area contributed by atoms with E-state index in [9.17, 15) is 43.2 Å². The first-order valence-corrected chi connectivity index (χ1v) is 42.2. The average molecular weight is 1380 g/mol. The molecule has 19 heteroatoms. The van der Waals surface area contributed by atoms with Crippen LogP contribution in [0.5, 0.6) is 0 Å². The predicted molar refractivity (Wildman–Crippen MR) is 382 cm³/mol. The van der Waals surface area contributed by atoms with Crippen molar-refractivity contribution in [2.75, 3.05) is 39.6 Å². The van der Waals surface area contributed by atoms with Crippen LogP contribution in [0.1, 0.15) is 394 Å². The molecule has 0 saturated heterocycles. The summed E-state index contributed by atoms with van der Waals surface area (Å²) >= 11 is 0. The summed E-state index contributed by atoms with van der Waals surface area (Å²) in [6, 6.07) is 0. The van der Waals surface area contributed by atoms with Gasteiger partial charge in [-0.3, -0.25) is 37.3 Å². The molecule has 0 aliphatic rings. The molecule has 0 aromatic rings. The fraction of sp³-hybridized carbons (Fsp3) is 0.947. The number of phosphoric ester groups is 2. The van der Waals surface area contributed by atoms with Crippen molar-refractivity contribution in [1.29, 1.82) is 0 Å². The molecule has 0 saturated carbocycles. The third kappa shape index (κ3) is 67.3. The summed E-state index contributed by atoms with van der Waals surface area (Å²) in [4.78, 5) is 72.7. The van der Waals surface area contributed by atoms with Gasteiger partial charge in [0.25, 0.3) is 0 Å². The number of esters is 4. The molecule has 558 valence electrons. The van der Waals surface area contributed by atoms with Crippen molar-refractivity contribution in [3.63, 3.8) is 0 Å². The second-order valence-electron chi connectivity index (χ2n) is 27.3. The highest BCUT2D eigenvalue weighted by atomic mass is 31.2. The number of hydrogen-bond donors (Lipinski definition) is 3. The first-order valence-electron chi connectivity index (χ1n) is 39.2. The summed E-state index contributed by atoms with van der Waals surface area (Å²) < 4.78 is 68.4. The van der Waals surface area contributed by atoms with Crippen LogP contribution in [0.15, 0.2) is 0 Å². The molecule has 3 N–H and O–H groups in total. The summed E-state index contributed by atoms with van der Waals surface area (Å²) in [6.45, 7) is 7.22. The molecule has 0 aliphatic heterocycles. The Hall–Kier alpha value is -1.94. The molecule has 0 rings (SSSR count). The van der Waals surface area contributed by atoms with Crippen LogP contribution in [-0.4, -0.2) is 96.7 Å². The van der Waals surface area contributed by atoms with E-state index < -0.39 is 97.5 Å². The van der Waals surface area contributed by atoms with E-state index in [0.29, 0.717) is 25.7 Å². The zero-order chi connectivity index (χ0) is 69.1. The highest BCUT2D eigenvalue weighted by molar-refractivity contribution is 7.47. The number of carbonyl (C=O) groups is 4. The Morgan fingerprint density at radius 1 is 0.298 bits per heavy atom. The summed E-state index contributed by atoms with van der Waals surface area (Å²) in [7, 11) is -9.90. The van der Waals surface area contributed by atoms with Gasteiger partial charge in [0.15, 0.2) is 12.2 Å². The lowest BCUT2D eigenvalue weighted by atomic mass is 10.00. The molecule has 17 nitrogen and oxygen atoms in total. The van der Waals surface area contributed by atoms with Crippen molar-refractivity contribution >= 4 is 39.5 Å². The first-order chi connectivity index (χ1) is 45.6. The highest BCUT2D eigenvalue weighted by Gasteiger charge is 2.30. The molecule has 0 radical (unpaired) electrons. The maximum atomic E-state index is 13.1. The summed E-state index contributed by atoms with van der Waals surface area (Å²) in [5.41, 5.74) is 0. The molecule has 0 aliphatic carbocycles. The van der Waals surface area contributed by atoms with Crippen molar-refractivity contribution < 1.29 is 80.2 Å². The third-order valence-electron chi connectivity index (χ3n) is 17.9. The largest absolute Gasteiger partial charge is 0.472 e. The van der Waals surface area contributed by atoms with Gasteiger partial charge in [-0.1, -0.05) is 343 Å². The summed E-state index contributed by atoms with van der Waals surface area (Å²) in [6.07, 6.45) is 57.0. The van der Waals surface area contributed by atoms with Gasteiger partial charge in [-0.15, -0.1) is 0 Å². The van der Waals surface area contributed by atoms with E-state index in [-0.39, 0.29) is 25.7 Å². The standard InChI is InChI=1S/C75H146O17P2/c1-6-10-13-16-19-22-25-27-28-29-30-31-32-33-34-36-38-41-44-50-55-60-74(79)91-70(64-85-73(78)59-54-49-43-40-37-35-26-23-20-17-14-11-7-2)66-89-93(81,82)87-62-69(76)63-88-94(83,84)90-67-71(92-75(80)61-56-51-46-45-47-52-57-68(5)9-4)65-86-72(77)58-53-48-42-39-24-21-18-15-12-8-3/h68-71,76H,6-67H2,1-5H3,(H,81,82)(H,83,84)/t68?,69-,70-,71-/m1/s1. The molecule has 0 fully saturated rings. The lowest BCUT2D eigenvalue weighted by molar-refractivity contribution is -0.161. The third-order valence-corrected chi connectivity index (χ3v) is 19.8. The smallest absolute Gasteiger partial charge is 0.462 e. The Balaban J connectivity index is 5.18. The number of ether oxygens (including phenoxy) is 4. The second kappa shape index (κ2) is 68.2. The van der Waals surface area contributed by atoms with Crippen molar-refractivity contribution in [2.45, 2.75) is 412 Å². The minimum Gasteiger partial charge on any atom is -0.462 e. The van der Waals surface area contributed by atoms with E-state index in [2.05, 4.69) is 34.6 Å². The van der Waals surface area contributed by atoms with Gasteiger partial charge < -0.3 is 33.8 Å². The zero-order valence-electron chi connectivity index (χ0n) is 61.1. The predicted octanol–water partition coefficient (Wildman–Crippen LogP) is 22.1. The quantitative estimate of drug-likeness (QED) is 0.0222. The first kappa shape index (κ1) is 92.1. The Morgan fingerprint density at radius 2 is 0.511 bits per heavy atom. The van der Waals surface area contributed by atoms with Gasteiger partial charge in [0.05, 0.1) is 26.4 Å². The van der Waals surface area contributed by atoms with Crippen LogP contribution in [0, 0.1) is 5.92 Å². The molecule has 0 spiro atoms. The molecule has 0 bridgehead atoms. The van der Waals surface area contributed by atoms with Crippen LogP contribution in [0.2, 0.25) is 0 Å². The molecular formula is C75H146O17P2. The number of unbranched alkanes of at least 4 members (excludes halogenated alkanes) is 46. The average Bonchev–Trinajstić information content (AvgIpc) is 1.84. The van der Waals surface area contributed by atoms with Crippen molar-refractivity contribution in [3.8, 4) is 0 Å². The van der Waals surface area contributed by atoms with Crippen LogP contribution in [0.25, 0.3) is 0 Å². The maximum Gasteiger partial charge on any atom is 0.472 e. The number of carbonyl (C=O) groups excluding carboxylic acids is 4. The van der Waals surface area contributed by atoms with E-state index >= 15 is 0 Å². The second-order valence-corrected chi connectivity index (χ2v) is 30.2. The Labute approximate surface area is 575 Å². The molecule has 0 heterocycles. The monoisotopic (exact) mass is 1380 g/mol. The topological polar surface area (TPSA) is 237 Å². The molecule has 6 atom stereocenters. The number of aliphatic hydroxyl groups excluding tert-OH is 1. The molecule has 0 aromatic heterocycles. The van der Waals surface area contributed by atoms with Gasteiger partial charge >= 0.3 is 39.5 Å². The number of rotatable bonds is 75. The van der Waals surface area contributed by atoms with E-state index in [4.69, 9.17) is 37.0 Å². The van der Waals surface area contributed by atoms with Gasteiger partial charge in [0, 0.05) is 25.7 Å². The van der Waals surface area contributed by atoms with Crippen molar-refractivity contribution in [2.24, 2.45) is 5.92 Å².